The van der Waals surface area contributed by atoms with Crippen LogP contribution in [0.5, 0.6) is 0 Å². The molecule has 2 rings (SSSR count). The molecule has 3 nitrogen and oxygen atoms in total. The highest BCUT2D eigenvalue weighted by Gasteiger charge is 2.50. The predicted octanol–water partition coefficient (Wildman–Crippen LogP) is 1.69. The van der Waals surface area contributed by atoms with Gasteiger partial charge in [-0.2, -0.15) is 0 Å². The van der Waals surface area contributed by atoms with Crippen LogP contribution in [0.15, 0.2) is 23.0 Å². The summed E-state index contributed by atoms with van der Waals surface area (Å²) in [4.78, 5) is 10.8. The molecule has 1 saturated carbocycles. The Kier molecular flexibility index (Phi) is 1.46. The maximum atomic E-state index is 10.8. The summed E-state index contributed by atoms with van der Waals surface area (Å²) in [6.45, 7) is 0. The summed E-state index contributed by atoms with van der Waals surface area (Å²) in [6, 6.07) is 1.82. The van der Waals surface area contributed by atoms with Gasteiger partial charge in [0, 0.05) is 0 Å². The Bertz CT molecular complexity index is 283. The van der Waals surface area contributed by atoms with Crippen molar-refractivity contribution in [1.29, 1.82) is 0 Å². The largest absolute Gasteiger partial charge is 0.481 e. The molecule has 0 amide bonds. The van der Waals surface area contributed by atoms with E-state index in [0.717, 1.165) is 18.4 Å². The SMILES string of the molecule is O=C(O)C1(Cc2ccoc2)CC1. The van der Waals surface area contributed by atoms with E-state index in [1.54, 1.807) is 12.5 Å². The first-order valence-electron chi connectivity index (χ1n) is 3.97. The van der Waals surface area contributed by atoms with Crippen LogP contribution in [0.1, 0.15) is 18.4 Å². The third-order valence-corrected chi connectivity index (χ3v) is 2.43. The minimum absolute atomic E-state index is 0.468. The molecular weight excluding hydrogens is 156 g/mol. The molecule has 0 aromatic carbocycles. The molecule has 3 heteroatoms. The second-order valence-corrected chi connectivity index (χ2v) is 3.39. The van der Waals surface area contributed by atoms with E-state index < -0.39 is 11.4 Å². The average Bonchev–Trinajstić information content (AvgIpc) is 2.60. The summed E-state index contributed by atoms with van der Waals surface area (Å²) in [7, 11) is 0. The van der Waals surface area contributed by atoms with Crippen LogP contribution in [0.4, 0.5) is 0 Å². The normalized spacial score (nSPS) is 19.0. The molecular formula is C9H10O3. The average molecular weight is 166 g/mol. The number of carboxylic acids is 1. The molecule has 64 valence electrons. The van der Waals surface area contributed by atoms with Crippen molar-refractivity contribution in [1.82, 2.24) is 0 Å². The van der Waals surface area contributed by atoms with Gasteiger partial charge in [0.1, 0.15) is 0 Å². The number of aliphatic carboxylic acids is 1. The second-order valence-electron chi connectivity index (χ2n) is 3.39. The molecule has 1 aromatic heterocycles. The summed E-state index contributed by atoms with van der Waals surface area (Å²) in [6.07, 6.45) is 5.40. The number of carbonyl (C=O) groups is 1. The molecule has 0 radical (unpaired) electrons. The third-order valence-electron chi connectivity index (χ3n) is 2.43. The van der Waals surface area contributed by atoms with Crippen molar-refractivity contribution >= 4 is 5.97 Å². The zero-order chi connectivity index (χ0) is 8.60. The topological polar surface area (TPSA) is 50.4 Å². The van der Waals surface area contributed by atoms with Crippen molar-refractivity contribution in [2.75, 3.05) is 0 Å². The van der Waals surface area contributed by atoms with E-state index in [1.165, 1.54) is 0 Å². The monoisotopic (exact) mass is 166 g/mol. The van der Waals surface area contributed by atoms with Crippen LogP contribution in [0.2, 0.25) is 0 Å². The van der Waals surface area contributed by atoms with Gasteiger partial charge in [0.2, 0.25) is 0 Å². The van der Waals surface area contributed by atoms with Crippen molar-refractivity contribution in [2.24, 2.45) is 5.41 Å². The summed E-state index contributed by atoms with van der Waals surface area (Å²) in [5, 5.41) is 8.87. The minimum Gasteiger partial charge on any atom is -0.481 e. The molecule has 1 heterocycles. The molecule has 1 aliphatic rings. The highest BCUT2D eigenvalue weighted by Crippen LogP contribution is 2.48. The molecule has 12 heavy (non-hydrogen) atoms. The van der Waals surface area contributed by atoms with Gasteiger partial charge >= 0.3 is 5.97 Å². The van der Waals surface area contributed by atoms with Crippen molar-refractivity contribution in [3.05, 3.63) is 24.2 Å². The lowest BCUT2D eigenvalue weighted by Crippen LogP contribution is -2.17. The Balaban J connectivity index is 2.09. The lowest BCUT2D eigenvalue weighted by atomic mass is 9.99. The van der Waals surface area contributed by atoms with E-state index in [0.29, 0.717) is 6.42 Å². The summed E-state index contributed by atoms with van der Waals surface area (Å²) in [5.41, 5.74) is 0.513. The quantitative estimate of drug-likeness (QED) is 0.743. The van der Waals surface area contributed by atoms with Crippen LogP contribution in [0.3, 0.4) is 0 Å². The van der Waals surface area contributed by atoms with Gasteiger partial charge in [-0.3, -0.25) is 4.79 Å². The van der Waals surface area contributed by atoms with E-state index >= 15 is 0 Å². The Hall–Kier alpha value is -1.25. The third kappa shape index (κ3) is 1.11. The Morgan fingerprint density at radius 2 is 2.42 bits per heavy atom. The maximum Gasteiger partial charge on any atom is 0.309 e. The van der Waals surface area contributed by atoms with E-state index in [1.807, 2.05) is 6.07 Å². The van der Waals surface area contributed by atoms with Crippen LogP contribution in [-0.4, -0.2) is 11.1 Å². The summed E-state index contributed by atoms with van der Waals surface area (Å²) in [5.74, 6) is -0.677. The van der Waals surface area contributed by atoms with E-state index in [-0.39, 0.29) is 0 Å². The molecule has 0 unspecified atom stereocenters. The van der Waals surface area contributed by atoms with Crippen molar-refractivity contribution in [3.8, 4) is 0 Å². The molecule has 0 saturated heterocycles. The fraction of sp³-hybridized carbons (Fsp3) is 0.444. The Morgan fingerprint density at radius 1 is 1.67 bits per heavy atom. The molecule has 0 atom stereocenters. The zero-order valence-electron chi connectivity index (χ0n) is 6.62. The smallest absolute Gasteiger partial charge is 0.309 e. The van der Waals surface area contributed by atoms with Crippen LogP contribution in [0, 0.1) is 5.41 Å². The van der Waals surface area contributed by atoms with Crippen LogP contribution in [0.25, 0.3) is 0 Å². The van der Waals surface area contributed by atoms with Crippen molar-refractivity contribution < 1.29 is 14.3 Å². The van der Waals surface area contributed by atoms with Gasteiger partial charge in [-0.05, 0) is 30.9 Å². The van der Waals surface area contributed by atoms with Gasteiger partial charge in [0.05, 0.1) is 17.9 Å². The molecule has 1 N–H and O–H groups in total. The van der Waals surface area contributed by atoms with Gasteiger partial charge in [-0.1, -0.05) is 0 Å². The number of furan rings is 1. The number of hydrogen-bond donors (Lipinski definition) is 1. The van der Waals surface area contributed by atoms with E-state index in [4.69, 9.17) is 9.52 Å². The molecule has 1 fully saturated rings. The Labute approximate surface area is 70.0 Å². The van der Waals surface area contributed by atoms with Gasteiger partial charge < -0.3 is 9.52 Å². The lowest BCUT2D eigenvalue weighted by Gasteiger charge is -2.05. The molecule has 1 aliphatic carbocycles. The molecule has 0 aliphatic heterocycles. The fourth-order valence-corrected chi connectivity index (χ4v) is 1.40. The number of rotatable bonds is 3. The predicted molar refractivity (Wildman–Crippen MR) is 41.7 cm³/mol. The fourth-order valence-electron chi connectivity index (χ4n) is 1.40. The Morgan fingerprint density at radius 3 is 2.83 bits per heavy atom. The maximum absolute atomic E-state index is 10.8. The van der Waals surface area contributed by atoms with Gasteiger partial charge in [-0.25, -0.2) is 0 Å². The first-order chi connectivity index (χ1) is 5.73. The number of hydrogen-bond acceptors (Lipinski definition) is 2. The van der Waals surface area contributed by atoms with Crippen molar-refractivity contribution in [3.63, 3.8) is 0 Å². The standard InChI is InChI=1S/C9H10O3/c10-8(11)9(2-3-9)5-7-1-4-12-6-7/h1,4,6H,2-3,5H2,(H,10,11). The van der Waals surface area contributed by atoms with Gasteiger partial charge in [0.25, 0.3) is 0 Å². The first-order valence-corrected chi connectivity index (χ1v) is 3.97. The zero-order valence-corrected chi connectivity index (χ0v) is 6.62. The molecule has 0 spiro atoms. The van der Waals surface area contributed by atoms with Crippen LogP contribution >= 0.6 is 0 Å². The molecule has 0 bridgehead atoms. The lowest BCUT2D eigenvalue weighted by molar-refractivity contribution is -0.143. The van der Waals surface area contributed by atoms with E-state index in [2.05, 4.69) is 0 Å². The second kappa shape index (κ2) is 2.37. The van der Waals surface area contributed by atoms with E-state index in [9.17, 15) is 4.79 Å². The van der Waals surface area contributed by atoms with Gasteiger partial charge in [-0.15, -0.1) is 0 Å². The van der Waals surface area contributed by atoms with Crippen molar-refractivity contribution in [2.45, 2.75) is 19.3 Å². The minimum atomic E-state index is -0.677. The first kappa shape index (κ1) is 7.40. The summed E-state index contributed by atoms with van der Waals surface area (Å²) >= 11 is 0. The highest BCUT2D eigenvalue weighted by molar-refractivity contribution is 5.78. The highest BCUT2D eigenvalue weighted by atomic mass is 16.4. The summed E-state index contributed by atoms with van der Waals surface area (Å²) < 4.78 is 4.87. The number of carboxylic acid groups (broad SMARTS) is 1. The van der Waals surface area contributed by atoms with Gasteiger partial charge in [0.15, 0.2) is 0 Å². The van der Waals surface area contributed by atoms with Crippen LogP contribution < -0.4 is 0 Å². The van der Waals surface area contributed by atoms with Crippen LogP contribution in [-0.2, 0) is 11.2 Å². The molecule has 1 aromatic rings.